The number of carbonyl (C=O) groups excluding carboxylic acids is 3. The molecule has 0 saturated heterocycles. The van der Waals surface area contributed by atoms with Gasteiger partial charge in [-0.05, 0) is 19.4 Å². The van der Waals surface area contributed by atoms with E-state index in [-0.39, 0.29) is 19.0 Å². The van der Waals surface area contributed by atoms with Crippen LogP contribution in [0.5, 0.6) is 0 Å². The molecule has 0 spiro atoms. The van der Waals surface area contributed by atoms with E-state index in [0.717, 1.165) is 19.1 Å². The Labute approximate surface area is 147 Å². The molecule has 1 aromatic rings. The van der Waals surface area contributed by atoms with E-state index in [2.05, 4.69) is 0 Å². The van der Waals surface area contributed by atoms with Crippen LogP contribution in [-0.4, -0.2) is 49.1 Å². The Hall–Kier alpha value is -2.38. The van der Waals surface area contributed by atoms with Gasteiger partial charge in [-0.15, -0.1) is 0 Å². The van der Waals surface area contributed by atoms with E-state index in [9.17, 15) is 14.4 Å². The summed E-state index contributed by atoms with van der Waals surface area (Å²) in [6.45, 7) is 0.948. The molecule has 1 aromatic heterocycles. The molecular formula is C18H25N4O3+. The largest absolute Gasteiger partial charge is 0.335 e. The van der Waals surface area contributed by atoms with Gasteiger partial charge in [-0.1, -0.05) is 12.5 Å². The lowest BCUT2D eigenvalue weighted by molar-refractivity contribution is -0.586. The summed E-state index contributed by atoms with van der Waals surface area (Å²) in [7, 11) is 0. The molecule has 1 aliphatic heterocycles. The summed E-state index contributed by atoms with van der Waals surface area (Å²) in [5.74, 6) is -0.804. The van der Waals surface area contributed by atoms with Gasteiger partial charge in [0.25, 0.3) is 0 Å². The Kier molecular flexibility index (Phi) is 6.97. The predicted molar refractivity (Wildman–Crippen MR) is 92.9 cm³/mol. The summed E-state index contributed by atoms with van der Waals surface area (Å²) >= 11 is 0. The van der Waals surface area contributed by atoms with Gasteiger partial charge in [0.05, 0.1) is 18.2 Å². The molecule has 2 heterocycles. The number of amides is 1. The average molecular weight is 345 g/mol. The Balaban J connectivity index is 2.21. The van der Waals surface area contributed by atoms with Crippen LogP contribution in [0.2, 0.25) is 0 Å². The standard InChI is InChI=1S/C18H25N4O3/c19-7-3-2-6-16(20)18(25)22-10-14(12-23)17(15(11-22)13-24)21-8-4-1-5-9-21/h1,4-5,8-9,12-14,16H,2-3,6-7,10-11,19-20H2/q+1. The van der Waals surface area contributed by atoms with E-state index < -0.39 is 12.0 Å². The first-order valence-corrected chi connectivity index (χ1v) is 8.47. The Morgan fingerprint density at radius 2 is 2.00 bits per heavy atom. The van der Waals surface area contributed by atoms with Crippen molar-refractivity contribution < 1.29 is 19.0 Å². The van der Waals surface area contributed by atoms with Crippen LogP contribution in [0, 0.1) is 5.92 Å². The van der Waals surface area contributed by atoms with Crippen LogP contribution in [0.15, 0.2) is 36.2 Å². The van der Waals surface area contributed by atoms with Crippen molar-refractivity contribution in [1.82, 2.24) is 4.90 Å². The summed E-state index contributed by atoms with van der Waals surface area (Å²) < 4.78 is 1.76. The number of carbonyl (C=O) groups is 3. The molecule has 1 aliphatic rings. The Morgan fingerprint density at radius 1 is 1.28 bits per heavy atom. The summed E-state index contributed by atoms with van der Waals surface area (Å²) in [5.41, 5.74) is 12.5. The minimum atomic E-state index is -0.641. The lowest BCUT2D eigenvalue weighted by atomic mass is 9.95. The molecule has 4 N–H and O–H groups in total. The third-order valence-electron chi connectivity index (χ3n) is 4.36. The van der Waals surface area contributed by atoms with E-state index in [1.807, 2.05) is 18.2 Å². The Morgan fingerprint density at radius 3 is 2.60 bits per heavy atom. The number of aromatic nitrogens is 1. The molecule has 2 rings (SSSR count). The molecule has 1 amide bonds. The van der Waals surface area contributed by atoms with Crippen LogP contribution in [0.4, 0.5) is 0 Å². The van der Waals surface area contributed by atoms with E-state index in [1.165, 1.54) is 4.90 Å². The van der Waals surface area contributed by atoms with Gasteiger partial charge >= 0.3 is 0 Å². The van der Waals surface area contributed by atoms with Gasteiger partial charge in [-0.25, -0.2) is 0 Å². The molecule has 0 fully saturated rings. The van der Waals surface area contributed by atoms with E-state index >= 15 is 0 Å². The molecule has 25 heavy (non-hydrogen) atoms. The fourth-order valence-electron chi connectivity index (χ4n) is 3.07. The first-order valence-electron chi connectivity index (χ1n) is 8.47. The number of nitrogens with zero attached hydrogens (tertiary/aromatic N) is 2. The van der Waals surface area contributed by atoms with E-state index in [1.54, 1.807) is 17.0 Å². The SMILES string of the molecule is NCCCCC(N)C(=O)N1CC(C=O)=C([n+]2ccccc2)C(C=O)C1. The number of hydrogen-bond donors (Lipinski definition) is 2. The molecule has 134 valence electrons. The maximum atomic E-state index is 12.6. The molecule has 0 saturated carbocycles. The van der Waals surface area contributed by atoms with Crippen molar-refractivity contribution in [3.63, 3.8) is 0 Å². The van der Waals surface area contributed by atoms with Gasteiger partial charge in [0.1, 0.15) is 12.2 Å². The Bertz CT molecular complexity index is 645. The first kappa shape index (κ1) is 19.0. The summed E-state index contributed by atoms with van der Waals surface area (Å²) in [6.07, 6.45) is 7.18. The fourth-order valence-corrected chi connectivity index (χ4v) is 3.07. The van der Waals surface area contributed by atoms with Crippen LogP contribution in [0.25, 0.3) is 5.70 Å². The van der Waals surface area contributed by atoms with Crippen molar-refractivity contribution in [2.24, 2.45) is 17.4 Å². The van der Waals surface area contributed by atoms with Gasteiger partial charge < -0.3 is 21.2 Å². The van der Waals surface area contributed by atoms with Gasteiger partial charge in [0.2, 0.25) is 11.6 Å². The molecule has 0 aliphatic carbocycles. The number of aldehydes is 2. The molecule has 0 radical (unpaired) electrons. The smallest absolute Gasteiger partial charge is 0.239 e. The monoisotopic (exact) mass is 345 g/mol. The van der Waals surface area contributed by atoms with E-state index in [0.29, 0.717) is 30.5 Å². The van der Waals surface area contributed by atoms with Gasteiger partial charge in [-0.2, -0.15) is 4.57 Å². The lowest BCUT2D eigenvalue weighted by Crippen LogP contribution is -2.52. The minimum absolute atomic E-state index is 0.161. The highest BCUT2D eigenvalue weighted by molar-refractivity contribution is 5.90. The molecular weight excluding hydrogens is 320 g/mol. The summed E-state index contributed by atoms with van der Waals surface area (Å²) in [6, 6.07) is 4.86. The molecule has 0 aromatic carbocycles. The number of hydrogen-bond acceptors (Lipinski definition) is 5. The van der Waals surface area contributed by atoms with Crippen LogP contribution in [-0.2, 0) is 14.4 Å². The quantitative estimate of drug-likeness (QED) is 0.375. The van der Waals surface area contributed by atoms with Crippen molar-refractivity contribution in [2.75, 3.05) is 19.6 Å². The molecule has 2 atom stereocenters. The van der Waals surface area contributed by atoms with Crippen LogP contribution < -0.4 is 16.0 Å². The van der Waals surface area contributed by atoms with Gasteiger partial charge in [0, 0.05) is 18.7 Å². The summed E-state index contributed by atoms with van der Waals surface area (Å²) in [5, 5.41) is 0. The summed E-state index contributed by atoms with van der Waals surface area (Å²) in [4.78, 5) is 37.3. The molecule has 2 unspecified atom stereocenters. The van der Waals surface area contributed by atoms with Crippen molar-refractivity contribution in [1.29, 1.82) is 0 Å². The number of rotatable bonds is 8. The second kappa shape index (κ2) is 9.19. The number of nitrogens with two attached hydrogens (primary N) is 2. The zero-order chi connectivity index (χ0) is 18.2. The molecule has 7 nitrogen and oxygen atoms in total. The normalized spacial score (nSPS) is 18.8. The second-order valence-electron chi connectivity index (χ2n) is 6.16. The van der Waals surface area contributed by atoms with Gasteiger partial charge in [0.15, 0.2) is 18.7 Å². The fraction of sp³-hybridized carbons (Fsp3) is 0.444. The third-order valence-corrected chi connectivity index (χ3v) is 4.36. The van der Waals surface area contributed by atoms with Crippen molar-refractivity contribution in [3.8, 4) is 0 Å². The highest BCUT2D eigenvalue weighted by Gasteiger charge is 2.37. The average Bonchev–Trinajstić information content (AvgIpc) is 2.66. The second-order valence-corrected chi connectivity index (χ2v) is 6.16. The highest BCUT2D eigenvalue weighted by atomic mass is 16.2. The topological polar surface area (TPSA) is 110 Å². The van der Waals surface area contributed by atoms with Crippen LogP contribution in [0.3, 0.4) is 0 Å². The highest BCUT2D eigenvalue weighted by Crippen LogP contribution is 2.22. The zero-order valence-electron chi connectivity index (χ0n) is 14.2. The van der Waals surface area contributed by atoms with Crippen molar-refractivity contribution >= 4 is 24.2 Å². The number of unbranched alkanes of at least 4 members (excludes halogenated alkanes) is 1. The van der Waals surface area contributed by atoms with Gasteiger partial charge in [-0.3, -0.25) is 9.59 Å². The maximum absolute atomic E-state index is 12.6. The first-order chi connectivity index (χ1) is 12.1. The van der Waals surface area contributed by atoms with Crippen molar-refractivity contribution in [2.45, 2.75) is 25.3 Å². The van der Waals surface area contributed by atoms with Crippen LogP contribution in [0.1, 0.15) is 19.3 Å². The predicted octanol–water partition coefficient (Wildman–Crippen LogP) is -0.502. The maximum Gasteiger partial charge on any atom is 0.239 e. The lowest BCUT2D eigenvalue weighted by Gasteiger charge is -2.31. The molecule has 0 bridgehead atoms. The van der Waals surface area contributed by atoms with Crippen LogP contribution >= 0.6 is 0 Å². The van der Waals surface area contributed by atoms with E-state index in [4.69, 9.17) is 11.5 Å². The number of pyridine rings is 1. The minimum Gasteiger partial charge on any atom is -0.335 e. The molecule has 7 heteroatoms. The van der Waals surface area contributed by atoms with Crippen molar-refractivity contribution in [3.05, 3.63) is 36.2 Å². The zero-order valence-corrected chi connectivity index (χ0v) is 14.2. The third kappa shape index (κ3) is 4.58.